The van der Waals surface area contributed by atoms with Gasteiger partial charge in [0.15, 0.2) is 0 Å². The number of amides is 2. The molecule has 2 amide bonds. The van der Waals surface area contributed by atoms with Crippen LogP contribution in [-0.4, -0.2) is 40.8 Å². The minimum atomic E-state index is -4.41. The zero-order valence-electron chi connectivity index (χ0n) is 18.8. The molecule has 182 valence electrons. The van der Waals surface area contributed by atoms with Crippen molar-refractivity contribution in [1.29, 1.82) is 0 Å². The Labute approximate surface area is 205 Å². The molecule has 0 bridgehead atoms. The summed E-state index contributed by atoms with van der Waals surface area (Å²) in [4.78, 5) is 31.9. The van der Waals surface area contributed by atoms with Crippen LogP contribution in [0.3, 0.4) is 0 Å². The lowest BCUT2D eigenvalue weighted by Gasteiger charge is -2.31. The Morgan fingerprint density at radius 1 is 0.971 bits per heavy atom. The zero-order chi connectivity index (χ0) is 24.6. The third-order valence-electron chi connectivity index (χ3n) is 6.48. The van der Waals surface area contributed by atoms with Crippen molar-refractivity contribution in [3.63, 3.8) is 0 Å². The average Bonchev–Trinajstić information content (AvgIpc) is 3.54. The first-order valence-electron chi connectivity index (χ1n) is 11.6. The summed E-state index contributed by atoms with van der Waals surface area (Å²) in [6, 6.07) is 12.2. The highest BCUT2D eigenvalue weighted by Gasteiger charge is 2.31. The van der Waals surface area contributed by atoms with E-state index in [1.54, 1.807) is 34.5 Å². The molecule has 5 rings (SSSR count). The maximum absolute atomic E-state index is 13.3. The van der Waals surface area contributed by atoms with Crippen molar-refractivity contribution in [3.05, 3.63) is 75.7 Å². The van der Waals surface area contributed by atoms with Crippen LogP contribution in [0.1, 0.15) is 63.0 Å². The molecule has 1 aliphatic carbocycles. The lowest BCUT2D eigenvalue weighted by molar-refractivity contribution is -0.137. The van der Waals surface area contributed by atoms with Gasteiger partial charge in [-0.2, -0.15) is 13.2 Å². The van der Waals surface area contributed by atoms with E-state index in [9.17, 15) is 22.8 Å². The summed E-state index contributed by atoms with van der Waals surface area (Å²) in [6.07, 6.45) is -0.872. The number of carbonyl (C=O) groups excluding carboxylic acids is 2. The van der Waals surface area contributed by atoms with Gasteiger partial charge < -0.3 is 10.2 Å². The molecule has 0 unspecified atom stereocenters. The molecule has 9 heteroatoms. The molecule has 2 aliphatic rings. The molecular formula is C26H24F3N3O2S. The third-order valence-corrected chi connectivity index (χ3v) is 7.49. The predicted molar refractivity (Wildman–Crippen MR) is 127 cm³/mol. The summed E-state index contributed by atoms with van der Waals surface area (Å²) in [6.45, 7) is 1.10. The van der Waals surface area contributed by atoms with Gasteiger partial charge in [-0.1, -0.05) is 30.3 Å². The van der Waals surface area contributed by atoms with Gasteiger partial charge in [-0.3, -0.25) is 9.59 Å². The molecule has 2 aromatic carbocycles. The number of likely N-dealkylation sites (tertiary alicyclic amines) is 1. The minimum absolute atomic E-state index is 0.123. The highest BCUT2D eigenvalue weighted by molar-refractivity contribution is 7.09. The second-order valence-electron chi connectivity index (χ2n) is 9.01. The Morgan fingerprint density at radius 3 is 2.31 bits per heavy atom. The first-order chi connectivity index (χ1) is 16.8. The number of thiazole rings is 1. The maximum atomic E-state index is 13.3. The Hall–Kier alpha value is -3.20. The standard InChI is InChI=1S/C26H24F3N3O2S/c27-26(28,29)18-7-5-16(6-8-18)20-3-1-2-4-21(20)25(34)32-13-11-17(12-14-32)24-31-22(15-35-24)23(33)30-19-9-10-19/h1-8,15,17,19H,9-14H2,(H,30,33). The molecule has 1 saturated carbocycles. The summed E-state index contributed by atoms with van der Waals surface area (Å²) >= 11 is 1.48. The normalized spacial score (nSPS) is 16.8. The molecule has 0 radical (unpaired) electrons. The summed E-state index contributed by atoms with van der Waals surface area (Å²) in [5.74, 6) is -0.0678. The van der Waals surface area contributed by atoms with Gasteiger partial charge in [0.25, 0.3) is 11.8 Å². The number of alkyl halides is 3. The molecule has 35 heavy (non-hydrogen) atoms. The smallest absolute Gasteiger partial charge is 0.348 e. The van der Waals surface area contributed by atoms with Crippen LogP contribution in [0.15, 0.2) is 53.9 Å². The molecule has 2 heterocycles. The van der Waals surface area contributed by atoms with Gasteiger partial charge in [-0.25, -0.2) is 4.98 Å². The van der Waals surface area contributed by atoms with Gasteiger partial charge in [-0.05, 0) is 55.0 Å². The van der Waals surface area contributed by atoms with E-state index in [0.717, 1.165) is 42.8 Å². The van der Waals surface area contributed by atoms with Crippen LogP contribution in [0, 0.1) is 0 Å². The summed E-state index contributed by atoms with van der Waals surface area (Å²) < 4.78 is 38.8. The van der Waals surface area contributed by atoms with Gasteiger partial charge >= 0.3 is 6.18 Å². The molecule has 0 spiro atoms. The number of hydrogen-bond donors (Lipinski definition) is 1. The number of hydrogen-bond acceptors (Lipinski definition) is 4. The van der Waals surface area contributed by atoms with E-state index < -0.39 is 11.7 Å². The molecule has 1 aliphatic heterocycles. The Balaban J connectivity index is 1.25. The van der Waals surface area contributed by atoms with Gasteiger partial charge in [0, 0.05) is 36.0 Å². The molecule has 3 aromatic rings. The van der Waals surface area contributed by atoms with Crippen molar-refractivity contribution in [2.75, 3.05) is 13.1 Å². The van der Waals surface area contributed by atoms with Crippen molar-refractivity contribution in [1.82, 2.24) is 15.2 Å². The topological polar surface area (TPSA) is 62.3 Å². The summed E-state index contributed by atoms with van der Waals surface area (Å²) in [7, 11) is 0. The fourth-order valence-electron chi connectivity index (χ4n) is 4.33. The maximum Gasteiger partial charge on any atom is 0.416 e. The Kier molecular flexibility index (Phi) is 6.35. The number of benzene rings is 2. The van der Waals surface area contributed by atoms with Crippen LogP contribution < -0.4 is 5.32 Å². The average molecular weight is 500 g/mol. The van der Waals surface area contributed by atoms with E-state index in [1.807, 2.05) is 0 Å². The fourth-order valence-corrected chi connectivity index (χ4v) is 5.30. The van der Waals surface area contributed by atoms with Gasteiger partial charge in [-0.15, -0.1) is 11.3 Å². The molecule has 2 fully saturated rings. The monoisotopic (exact) mass is 499 g/mol. The number of piperidine rings is 1. The van der Waals surface area contributed by atoms with Gasteiger partial charge in [0.2, 0.25) is 0 Å². The van der Waals surface area contributed by atoms with E-state index in [4.69, 9.17) is 0 Å². The van der Waals surface area contributed by atoms with Crippen LogP contribution in [-0.2, 0) is 6.18 Å². The van der Waals surface area contributed by atoms with Crippen LogP contribution in [0.4, 0.5) is 13.2 Å². The fraction of sp³-hybridized carbons (Fsp3) is 0.346. The number of halogens is 3. The van der Waals surface area contributed by atoms with Crippen molar-refractivity contribution >= 4 is 23.2 Å². The van der Waals surface area contributed by atoms with Crippen molar-refractivity contribution in [3.8, 4) is 11.1 Å². The first-order valence-corrected chi connectivity index (χ1v) is 12.5. The third kappa shape index (κ3) is 5.24. The largest absolute Gasteiger partial charge is 0.416 e. The lowest BCUT2D eigenvalue weighted by Crippen LogP contribution is -2.38. The lowest BCUT2D eigenvalue weighted by atomic mass is 9.94. The van der Waals surface area contributed by atoms with Gasteiger partial charge in [0.05, 0.1) is 10.6 Å². The second kappa shape index (κ2) is 9.45. The minimum Gasteiger partial charge on any atom is -0.348 e. The zero-order valence-corrected chi connectivity index (χ0v) is 19.7. The summed E-state index contributed by atoms with van der Waals surface area (Å²) in [5.41, 5.74) is 1.39. The van der Waals surface area contributed by atoms with Crippen LogP contribution in [0.5, 0.6) is 0 Å². The molecule has 1 aromatic heterocycles. The molecule has 5 nitrogen and oxygen atoms in total. The highest BCUT2D eigenvalue weighted by Crippen LogP contribution is 2.34. The van der Waals surface area contributed by atoms with E-state index in [-0.39, 0.29) is 23.8 Å². The Morgan fingerprint density at radius 2 is 1.66 bits per heavy atom. The van der Waals surface area contributed by atoms with Crippen molar-refractivity contribution < 1.29 is 22.8 Å². The first kappa shape index (κ1) is 23.5. The molecular weight excluding hydrogens is 475 g/mol. The van der Waals surface area contributed by atoms with Gasteiger partial charge in [0.1, 0.15) is 5.69 Å². The SMILES string of the molecule is O=C(NC1CC1)c1csc(C2CCN(C(=O)c3ccccc3-c3ccc(C(F)(F)F)cc3)CC2)n1. The molecule has 0 atom stereocenters. The molecule has 1 saturated heterocycles. The predicted octanol–water partition coefficient (Wildman–Crippen LogP) is 5.74. The quantitative estimate of drug-likeness (QED) is 0.487. The second-order valence-corrected chi connectivity index (χ2v) is 9.90. The summed E-state index contributed by atoms with van der Waals surface area (Å²) in [5, 5.41) is 5.67. The number of carbonyl (C=O) groups is 2. The van der Waals surface area contributed by atoms with E-state index in [0.29, 0.717) is 35.5 Å². The van der Waals surface area contributed by atoms with Crippen LogP contribution in [0.2, 0.25) is 0 Å². The Bertz CT molecular complexity index is 1230. The number of aromatic nitrogens is 1. The highest BCUT2D eigenvalue weighted by atomic mass is 32.1. The number of nitrogens with one attached hydrogen (secondary N) is 1. The van der Waals surface area contributed by atoms with Crippen LogP contribution >= 0.6 is 11.3 Å². The van der Waals surface area contributed by atoms with Crippen molar-refractivity contribution in [2.24, 2.45) is 0 Å². The van der Waals surface area contributed by atoms with Crippen LogP contribution in [0.25, 0.3) is 11.1 Å². The number of rotatable bonds is 5. The van der Waals surface area contributed by atoms with E-state index in [2.05, 4.69) is 10.3 Å². The van der Waals surface area contributed by atoms with E-state index in [1.165, 1.54) is 23.5 Å². The van der Waals surface area contributed by atoms with Crippen molar-refractivity contribution in [2.45, 2.75) is 43.8 Å². The number of nitrogens with zero attached hydrogens (tertiary/aromatic N) is 2. The van der Waals surface area contributed by atoms with E-state index >= 15 is 0 Å². The molecule has 1 N–H and O–H groups in total.